The van der Waals surface area contributed by atoms with Crippen molar-refractivity contribution in [1.82, 2.24) is 4.98 Å². The van der Waals surface area contributed by atoms with Crippen LogP contribution in [0.3, 0.4) is 0 Å². The van der Waals surface area contributed by atoms with Crippen LogP contribution >= 0.6 is 57.9 Å². The van der Waals surface area contributed by atoms with Crippen molar-refractivity contribution >= 4 is 85.1 Å². The first kappa shape index (κ1) is 22.0. The van der Waals surface area contributed by atoms with Crippen LogP contribution in [0.1, 0.15) is 0 Å². The van der Waals surface area contributed by atoms with E-state index < -0.39 is 18.5 Å². The zero-order chi connectivity index (χ0) is 21.0. The number of ether oxygens (including phenoxy) is 2. The number of halogens is 3. The van der Waals surface area contributed by atoms with E-state index in [0.29, 0.717) is 20.8 Å². The molecule has 0 radical (unpaired) electrons. The highest BCUT2D eigenvalue weighted by Gasteiger charge is 2.14. The summed E-state index contributed by atoms with van der Waals surface area (Å²) in [6.07, 6.45) is 0. The number of thiazole rings is 1. The van der Waals surface area contributed by atoms with Crippen molar-refractivity contribution in [3.8, 4) is 5.75 Å². The minimum Gasteiger partial charge on any atom is -0.497 e. The number of thioether (sulfide) groups is 1. The zero-order valence-electron chi connectivity index (χ0n) is 14.8. The first-order chi connectivity index (χ1) is 13.9. The van der Waals surface area contributed by atoms with Gasteiger partial charge in [-0.25, -0.2) is 4.98 Å². The molecule has 2 aromatic carbocycles. The summed E-state index contributed by atoms with van der Waals surface area (Å²) in [5, 5.41) is 3.83. The Bertz CT molecular complexity index is 1070. The molecule has 0 aliphatic heterocycles. The van der Waals surface area contributed by atoms with Gasteiger partial charge in [-0.05, 0) is 30.3 Å². The van der Waals surface area contributed by atoms with Gasteiger partial charge >= 0.3 is 5.97 Å². The molecule has 1 aromatic heterocycles. The molecule has 152 valence electrons. The quantitative estimate of drug-likeness (QED) is 0.266. The van der Waals surface area contributed by atoms with Crippen LogP contribution in [-0.4, -0.2) is 36.3 Å². The number of carbonyl (C=O) groups is 2. The van der Waals surface area contributed by atoms with Crippen molar-refractivity contribution in [2.45, 2.75) is 4.90 Å². The fourth-order valence-corrected chi connectivity index (χ4v) is 4.60. The first-order valence-electron chi connectivity index (χ1n) is 8.03. The Morgan fingerprint density at radius 3 is 2.72 bits per heavy atom. The maximum absolute atomic E-state index is 12.0. The predicted molar refractivity (Wildman–Crippen MR) is 118 cm³/mol. The molecular weight excluding hydrogens is 479 g/mol. The number of benzene rings is 2. The number of aromatic nitrogens is 1. The minimum absolute atomic E-state index is 0.0358. The Morgan fingerprint density at radius 2 is 1.97 bits per heavy atom. The van der Waals surface area contributed by atoms with E-state index in [0.717, 1.165) is 22.0 Å². The number of nitrogens with one attached hydrogen (secondary N) is 1. The average Bonchev–Trinajstić information content (AvgIpc) is 3.11. The SMILES string of the molecule is COc1ccc2nc(NC(=O)COC(=O)CSc3ccc(Cl)c(Cl)c3Cl)sc2c1. The van der Waals surface area contributed by atoms with Crippen molar-refractivity contribution in [2.75, 3.05) is 24.8 Å². The molecule has 0 aliphatic carbocycles. The second-order valence-corrected chi connectivity index (χ2v) is 8.73. The number of hydrogen-bond acceptors (Lipinski definition) is 7. The summed E-state index contributed by atoms with van der Waals surface area (Å²) in [7, 11) is 1.58. The highest BCUT2D eigenvalue weighted by molar-refractivity contribution is 8.00. The molecule has 6 nitrogen and oxygen atoms in total. The molecule has 11 heteroatoms. The van der Waals surface area contributed by atoms with E-state index in [1.165, 1.54) is 11.3 Å². The lowest BCUT2D eigenvalue weighted by Gasteiger charge is -2.07. The lowest BCUT2D eigenvalue weighted by molar-refractivity contribution is -0.144. The third kappa shape index (κ3) is 5.67. The fraction of sp³-hybridized carbons (Fsp3) is 0.167. The molecule has 1 N–H and O–H groups in total. The second kappa shape index (κ2) is 9.86. The summed E-state index contributed by atoms with van der Waals surface area (Å²) in [5.74, 6) is -0.387. The van der Waals surface area contributed by atoms with Crippen LogP contribution in [0.4, 0.5) is 5.13 Å². The lowest BCUT2D eigenvalue weighted by Crippen LogP contribution is -2.21. The summed E-state index contributed by atoms with van der Waals surface area (Å²) >= 11 is 20.4. The van der Waals surface area contributed by atoms with Gasteiger partial charge in [0.2, 0.25) is 0 Å². The summed E-state index contributed by atoms with van der Waals surface area (Å²) in [6, 6.07) is 8.65. The van der Waals surface area contributed by atoms with Gasteiger partial charge in [-0.3, -0.25) is 14.9 Å². The number of hydrogen-bond donors (Lipinski definition) is 1. The van der Waals surface area contributed by atoms with Crippen LogP contribution in [-0.2, 0) is 14.3 Å². The Labute approximate surface area is 189 Å². The maximum Gasteiger partial charge on any atom is 0.316 e. The lowest BCUT2D eigenvalue weighted by atomic mass is 10.3. The molecular formula is C18H13Cl3N2O4S2. The molecule has 0 fully saturated rings. The standard InChI is InChI=1S/C18H13Cl3N2O4S2/c1-26-9-2-4-11-13(6-9)29-18(22-11)23-14(24)7-27-15(25)8-28-12-5-3-10(19)16(20)17(12)21/h2-6H,7-8H2,1H3,(H,22,23,24). The highest BCUT2D eigenvalue weighted by Crippen LogP contribution is 2.37. The molecule has 0 saturated carbocycles. The molecule has 0 saturated heterocycles. The van der Waals surface area contributed by atoms with Crippen molar-refractivity contribution in [2.24, 2.45) is 0 Å². The summed E-state index contributed by atoms with van der Waals surface area (Å²) < 4.78 is 11.0. The molecule has 0 aliphatic rings. The van der Waals surface area contributed by atoms with Crippen LogP contribution in [0.15, 0.2) is 35.2 Å². The van der Waals surface area contributed by atoms with Crippen LogP contribution in [0.5, 0.6) is 5.75 Å². The molecule has 1 heterocycles. The normalized spacial score (nSPS) is 10.8. The smallest absolute Gasteiger partial charge is 0.316 e. The van der Waals surface area contributed by atoms with Crippen LogP contribution in [0.2, 0.25) is 15.1 Å². The monoisotopic (exact) mass is 490 g/mol. The van der Waals surface area contributed by atoms with E-state index in [4.69, 9.17) is 44.3 Å². The fourth-order valence-electron chi connectivity index (χ4n) is 2.18. The summed E-state index contributed by atoms with van der Waals surface area (Å²) in [4.78, 5) is 28.8. The highest BCUT2D eigenvalue weighted by atomic mass is 35.5. The van der Waals surface area contributed by atoms with E-state index in [-0.39, 0.29) is 15.8 Å². The average molecular weight is 492 g/mol. The van der Waals surface area contributed by atoms with Crippen LogP contribution in [0, 0.1) is 0 Å². The van der Waals surface area contributed by atoms with Gasteiger partial charge in [0.1, 0.15) is 5.75 Å². The van der Waals surface area contributed by atoms with Crippen molar-refractivity contribution in [3.05, 3.63) is 45.4 Å². The molecule has 3 rings (SSSR count). The molecule has 0 bridgehead atoms. The van der Waals surface area contributed by atoms with E-state index in [1.54, 1.807) is 31.4 Å². The zero-order valence-corrected chi connectivity index (χ0v) is 18.7. The van der Waals surface area contributed by atoms with Crippen LogP contribution < -0.4 is 10.1 Å². The number of esters is 1. The summed E-state index contributed by atoms with van der Waals surface area (Å²) in [6.45, 7) is -0.423. The van der Waals surface area contributed by atoms with E-state index >= 15 is 0 Å². The molecule has 0 spiro atoms. The maximum atomic E-state index is 12.0. The van der Waals surface area contributed by atoms with Gasteiger partial charge in [0.05, 0.1) is 38.1 Å². The predicted octanol–water partition coefficient (Wildman–Crippen LogP) is 5.54. The van der Waals surface area contributed by atoms with Gasteiger partial charge in [0, 0.05) is 4.90 Å². The number of methoxy groups -OCH3 is 1. The minimum atomic E-state index is -0.568. The number of nitrogens with zero attached hydrogens (tertiary/aromatic N) is 1. The third-order valence-electron chi connectivity index (χ3n) is 3.55. The van der Waals surface area contributed by atoms with Gasteiger partial charge in [-0.1, -0.05) is 46.1 Å². The number of amides is 1. The molecule has 0 unspecified atom stereocenters. The van der Waals surface area contributed by atoms with Crippen molar-refractivity contribution in [3.63, 3.8) is 0 Å². The number of rotatable bonds is 7. The van der Waals surface area contributed by atoms with Crippen LogP contribution in [0.25, 0.3) is 10.2 Å². The van der Waals surface area contributed by atoms with E-state index in [2.05, 4.69) is 10.3 Å². The number of anilines is 1. The molecule has 3 aromatic rings. The first-order valence-corrected chi connectivity index (χ1v) is 11.0. The second-order valence-electron chi connectivity index (χ2n) is 5.52. The number of fused-ring (bicyclic) bond motifs is 1. The van der Waals surface area contributed by atoms with Gasteiger partial charge < -0.3 is 9.47 Å². The van der Waals surface area contributed by atoms with Gasteiger partial charge in [-0.15, -0.1) is 11.8 Å². The van der Waals surface area contributed by atoms with E-state index in [9.17, 15) is 9.59 Å². The molecule has 0 atom stereocenters. The Morgan fingerprint density at radius 1 is 1.17 bits per heavy atom. The van der Waals surface area contributed by atoms with Crippen molar-refractivity contribution in [1.29, 1.82) is 0 Å². The van der Waals surface area contributed by atoms with Crippen molar-refractivity contribution < 1.29 is 19.1 Å². The van der Waals surface area contributed by atoms with E-state index in [1.807, 2.05) is 6.07 Å². The van der Waals surface area contributed by atoms with Gasteiger partial charge in [0.15, 0.2) is 11.7 Å². The van der Waals surface area contributed by atoms with Gasteiger partial charge in [0.25, 0.3) is 5.91 Å². The molecule has 1 amide bonds. The largest absolute Gasteiger partial charge is 0.497 e. The topological polar surface area (TPSA) is 77.5 Å². The Hall–Kier alpha value is -1.71. The van der Waals surface area contributed by atoms with Gasteiger partial charge in [-0.2, -0.15) is 0 Å². The third-order valence-corrected chi connectivity index (χ3v) is 6.92. The number of carbonyl (C=O) groups excluding carboxylic acids is 2. The Balaban J connectivity index is 1.49. The summed E-state index contributed by atoms with van der Waals surface area (Å²) in [5.41, 5.74) is 0.734. The Kier molecular flexibility index (Phi) is 7.48. The molecule has 29 heavy (non-hydrogen) atoms.